The first-order valence-corrected chi connectivity index (χ1v) is 5.23. The Morgan fingerprint density at radius 2 is 1.80 bits per heavy atom. The van der Waals surface area contributed by atoms with Crippen molar-refractivity contribution in [1.82, 2.24) is 4.90 Å². The van der Waals surface area contributed by atoms with Crippen LogP contribution in [0.3, 0.4) is 0 Å². The summed E-state index contributed by atoms with van der Waals surface area (Å²) in [7, 11) is 0. The minimum absolute atomic E-state index is 0.0129. The molecule has 4 nitrogen and oxygen atoms in total. The highest BCUT2D eigenvalue weighted by Gasteiger charge is 2.17. The first-order chi connectivity index (χ1) is 6.76. The lowest BCUT2D eigenvalue weighted by Crippen LogP contribution is -2.32. The molecule has 0 aliphatic rings. The molecule has 15 heavy (non-hydrogen) atoms. The van der Waals surface area contributed by atoms with Crippen LogP contribution in [0.15, 0.2) is 0 Å². The number of hydrogen-bond acceptors (Lipinski definition) is 3. The molecule has 0 radical (unpaired) electrons. The van der Waals surface area contributed by atoms with Crippen molar-refractivity contribution >= 4 is 11.9 Å². The zero-order valence-electron chi connectivity index (χ0n) is 10.3. The molecule has 0 unspecified atom stereocenters. The minimum atomic E-state index is -0.454. The number of ether oxygens (including phenoxy) is 1. The molecule has 0 saturated carbocycles. The second kappa shape index (κ2) is 5.73. The van der Waals surface area contributed by atoms with Crippen LogP contribution in [-0.4, -0.2) is 35.5 Å². The summed E-state index contributed by atoms with van der Waals surface area (Å²) in [4.78, 5) is 24.0. The predicted octanol–water partition coefficient (Wildman–Crippen LogP) is 1.59. The van der Waals surface area contributed by atoms with Gasteiger partial charge in [-0.2, -0.15) is 0 Å². The minimum Gasteiger partial charge on any atom is -0.460 e. The third-order valence-corrected chi connectivity index (χ3v) is 1.83. The average Bonchev–Trinajstić information content (AvgIpc) is 2.01. The molecule has 0 N–H and O–H groups in total. The fraction of sp³-hybridized carbons (Fsp3) is 0.818. The highest BCUT2D eigenvalue weighted by molar-refractivity contribution is 5.75. The van der Waals surface area contributed by atoms with Gasteiger partial charge in [0.05, 0.1) is 6.42 Å². The number of esters is 1. The van der Waals surface area contributed by atoms with Crippen molar-refractivity contribution in [2.75, 3.05) is 13.1 Å². The molecule has 88 valence electrons. The van der Waals surface area contributed by atoms with E-state index in [-0.39, 0.29) is 18.3 Å². The van der Waals surface area contributed by atoms with Crippen molar-refractivity contribution in [1.29, 1.82) is 0 Å². The molecule has 0 spiro atoms. The fourth-order valence-corrected chi connectivity index (χ4v) is 1.16. The second-order valence-electron chi connectivity index (χ2n) is 4.44. The molecule has 0 aromatic heterocycles. The third-order valence-electron chi connectivity index (χ3n) is 1.83. The van der Waals surface area contributed by atoms with Gasteiger partial charge in [0, 0.05) is 20.0 Å². The molecule has 0 atom stereocenters. The van der Waals surface area contributed by atoms with Gasteiger partial charge >= 0.3 is 5.97 Å². The third kappa shape index (κ3) is 6.94. The van der Waals surface area contributed by atoms with Gasteiger partial charge in [0.2, 0.25) is 5.91 Å². The fourth-order valence-electron chi connectivity index (χ4n) is 1.16. The summed E-state index contributed by atoms with van der Waals surface area (Å²) in [6.45, 7) is 9.92. The molecule has 0 heterocycles. The molecule has 0 fully saturated rings. The van der Waals surface area contributed by atoms with E-state index in [0.717, 1.165) is 0 Å². The molecular formula is C11H21NO3. The Hall–Kier alpha value is -1.06. The maximum atomic E-state index is 11.3. The highest BCUT2D eigenvalue weighted by Crippen LogP contribution is 2.08. The Balaban J connectivity index is 3.94. The summed E-state index contributed by atoms with van der Waals surface area (Å²) in [5.41, 5.74) is -0.454. The SMILES string of the molecule is CCN(CCC(=O)OC(C)(C)C)C(C)=O. The van der Waals surface area contributed by atoms with Crippen molar-refractivity contribution in [3.05, 3.63) is 0 Å². The Labute approximate surface area is 91.6 Å². The van der Waals surface area contributed by atoms with Gasteiger partial charge in [-0.15, -0.1) is 0 Å². The molecule has 0 aromatic carbocycles. The normalized spacial score (nSPS) is 11.0. The highest BCUT2D eigenvalue weighted by atomic mass is 16.6. The van der Waals surface area contributed by atoms with Crippen LogP contribution in [0.5, 0.6) is 0 Å². The van der Waals surface area contributed by atoms with E-state index < -0.39 is 5.60 Å². The Morgan fingerprint density at radius 3 is 2.13 bits per heavy atom. The van der Waals surface area contributed by atoms with Gasteiger partial charge in [-0.25, -0.2) is 0 Å². The van der Waals surface area contributed by atoms with Crippen molar-refractivity contribution in [3.63, 3.8) is 0 Å². The number of amides is 1. The summed E-state index contributed by atoms with van der Waals surface area (Å²) in [6.07, 6.45) is 0.255. The van der Waals surface area contributed by atoms with E-state index >= 15 is 0 Å². The lowest BCUT2D eigenvalue weighted by molar-refractivity contribution is -0.155. The number of rotatable bonds is 4. The molecular weight excluding hydrogens is 194 g/mol. The van der Waals surface area contributed by atoms with E-state index in [0.29, 0.717) is 13.1 Å². The van der Waals surface area contributed by atoms with Gasteiger partial charge in [-0.1, -0.05) is 0 Å². The summed E-state index contributed by atoms with van der Waals surface area (Å²) < 4.78 is 5.14. The first-order valence-electron chi connectivity index (χ1n) is 5.23. The summed E-state index contributed by atoms with van der Waals surface area (Å²) in [5.74, 6) is -0.275. The van der Waals surface area contributed by atoms with Crippen LogP contribution in [0, 0.1) is 0 Å². The zero-order chi connectivity index (χ0) is 12.1. The van der Waals surface area contributed by atoms with Gasteiger partial charge < -0.3 is 9.64 Å². The molecule has 0 aliphatic carbocycles. The van der Waals surface area contributed by atoms with Gasteiger partial charge in [-0.05, 0) is 27.7 Å². The first kappa shape index (κ1) is 13.9. The lowest BCUT2D eigenvalue weighted by Gasteiger charge is -2.22. The Morgan fingerprint density at radius 1 is 1.27 bits per heavy atom. The van der Waals surface area contributed by atoms with Crippen LogP contribution in [0.1, 0.15) is 41.0 Å². The summed E-state index contributed by atoms with van der Waals surface area (Å²) in [5, 5.41) is 0. The molecule has 0 aromatic rings. The number of carbonyl (C=O) groups is 2. The Kier molecular flexibility index (Phi) is 5.33. The lowest BCUT2D eigenvalue weighted by atomic mass is 10.2. The van der Waals surface area contributed by atoms with E-state index in [4.69, 9.17) is 4.74 Å². The van der Waals surface area contributed by atoms with Crippen molar-refractivity contribution in [2.24, 2.45) is 0 Å². The van der Waals surface area contributed by atoms with Crippen molar-refractivity contribution < 1.29 is 14.3 Å². The molecule has 1 amide bonds. The molecule has 0 bridgehead atoms. The number of hydrogen-bond donors (Lipinski definition) is 0. The van der Waals surface area contributed by atoms with Crippen molar-refractivity contribution in [2.45, 2.75) is 46.6 Å². The van der Waals surface area contributed by atoms with E-state index in [1.807, 2.05) is 27.7 Å². The number of carbonyl (C=O) groups excluding carboxylic acids is 2. The zero-order valence-corrected chi connectivity index (χ0v) is 10.3. The van der Waals surface area contributed by atoms with Crippen LogP contribution < -0.4 is 0 Å². The quantitative estimate of drug-likeness (QED) is 0.669. The number of nitrogens with zero attached hydrogens (tertiary/aromatic N) is 1. The van der Waals surface area contributed by atoms with Crippen LogP contribution in [0.4, 0.5) is 0 Å². The van der Waals surface area contributed by atoms with Crippen LogP contribution in [-0.2, 0) is 14.3 Å². The van der Waals surface area contributed by atoms with E-state index in [1.165, 1.54) is 6.92 Å². The Bertz CT molecular complexity index is 230. The molecule has 0 aliphatic heterocycles. The topological polar surface area (TPSA) is 46.6 Å². The van der Waals surface area contributed by atoms with Gasteiger partial charge in [0.1, 0.15) is 5.60 Å². The van der Waals surface area contributed by atoms with E-state index in [9.17, 15) is 9.59 Å². The monoisotopic (exact) mass is 215 g/mol. The summed E-state index contributed by atoms with van der Waals surface area (Å²) in [6, 6.07) is 0. The largest absolute Gasteiger partial charge is 0.460 e. The molecule has 4 heteroatoms. The molecule has 0 saturated heterocycles. The average molecular weight is 215 g/mol. The smallest absolute Gasteiger partial charge is 0.308 e. The van der Waals surface area contributed by atoms with Crippen LogP contribution >= 0.6 is 0 Å². The van der Waals surface area contributed by atoms with Gasteiger partial charge in [0.15, 0.2) is 0 Å². The standard InChI is InChI=1S/C11H21NO3/c1-6-12(9(2)13)8-7-10(14)15-11(3,4)5/h6-8H2,1-5H3. The molecule has 0 rings (SSSR count). The van der Waals surface area contributed by atoms with Crippen molar-refractivity contribution in [3.8, 4) is 0 Å². The maximum Gasteiger partial charge on any atom is 0.308 e. The van der Waals surface area contributed by atoms with Crippen LogP contribution in [0.25, 0.3) is 0 Å². The summed E-state index contributed by atoms with van der Waals surface area (Å²) >= 11 is 0. The van der Waals surface area contributed by atoms with E-state index in [1.54, 1.807) is 4.90 Å². The second-order valence-corrected chi connectivity index (χ2v) is 4.44. The predicted molar refractivity (Wildman–Crippen MR) is 58.4 cm³/mol. The van der Waals surface area contributed by atoms with Crippen LogP contribution in [0.2, 0.25) is 0 Å². The van der Waals surface area contributed by atoms with Gasteiger partial charge in [0.25, 0.3) is 0 Å². The van der Waals surface area contributed by atoms with Gasteiger partial charge in [-0.3, -0.25) is 9.59 Å². The maximum absolute atomic E-state index is 11.3. The van der Waals surface area contributed by atoms with E-state index in [2.05, 4.69) is 0 Å².